The molecule has 220 valence electrons. The van der Waals surface area contributed by atoms with E-state index in [4.69, 9.17) is 19.1 Å². The molecule has 0 aromatic heterocycles. The van der Waals surface area contributed by atoms with E-state index in [1.54, 1.807) is 11.8 Å². The van der Waals surface area contributed by atoms with E-state index in [9.17, 15) is 13.4 Å². The first kappa shape index (κ1) is 35.4. The number of hydrogen-bond acceptors (Lipinski definition) is 6. The van der Waals surface area contributed by atoms with Crippen molar-refractivity contribution in [1.29, 1.82) is 0 Å². The molecule has 0 radical (unpaired) electrons. The highest BCUT2D eigenvalue weighted by atomic mass is 32.2. The van der Waals surface area contributed by atoms with Crippen LogP contribution >= 0.6 is 11.8 Å². The number of likely N-dealkylation sites (tertiary alicyclic amines) is 1. The van der Waals surface area contributed by atoms with Gasteiger partial charge in [-0.15, -0.1) is 0 Å². The average Bonchev–Trinajstić information content (AvgIpc) is 2.99. The Bertz CT molecular complexity index is 1020. The highest BCUT2D eigenvalue weighted by Gasteiger charge is 2.15. The monoisotopic (exact) mass is 595 g/mol. The van der Waals surface area contributed by atoms with E-state index in [2.05, 4.69) is 72.5 Å². The number of alkyl halides is 1. The molecule has 1 aliphatic rings. The standard InChI is InChI=1S/C16H23NO2.C12H10S.C2H5FO2S.FHO/c1-14(15-8-4-2-5-9-15)13-19-16(18)12-17-10-6-3-7-11-17;1-3-7-11(8-4-1)13-12-9-5-2-6-10-12;1-2(3)6(4)5;1-2/h2,4-5,8-9,14H,3,6-7,10-13H2,1H3;1-10H;2H,1H3,(H,4,5);2H. The van der Waals surface area contributed by atoms with Gasteiger partial charge in [-0.25, -0.2) is 13.9 Å². The van der Waals surface area contributed by atoms with Gasteiger partial charge in [0.2, 0.25) is 0 Å². The quantitative estimate of drug-likeness (QED) is 0.213. The lowest BCUT2D eigenvalue weighted by Crippen LogP contribution is -2.35. The van der Waals surface area contributed by atoms with Crippen LogP contribution in [0.15, 0.2) is 101 Å². The van der Waals surface area contributed by atoms with Crippen LogP contribution in [-0.4, -0.2) is 56.7 Å². The van der Waals surface area contributed by atoms with Gasteiger partial charge in [0, 0.05) is 15.7 Å². The zero-order valence-corrected chi connectivity index (χ0v) is 24.5. The number of benzene rings is 3. The molecule has 1 heterocycles. The summed E-state index contributed by atoms with van der Waals surface area (Å²) in [6.07, 6.45) is 3.69. The molecule has 1 saturated heterocycles. The van der Waals surface area contributed by atoms with Crippen molar-refractivity contribution in [3.05, 3.63) is 96.6 Å². The van der Waals surface area contributed by atoms with E-state index in [-0.39, 0.29) is 11.9 Å². The lowest BCUT2D eigenvalue weighted by atomic mass is 10.0. The van der Waals surface area contributed by atoms with Crippen LogP contribution in [0, 0.1) is 0 Å². The average molecular weight is 596 g/mol. The van der Waals surface area contributed by atoms with Gasteiger partial charge in [0.1, 0.15) is 0 Å². The van der Waals surface area contributed by atoms with E-state index < -0.39 is 16.6 Å². The normalized spacial score (nSPS) is 14.8. The summed E-state index contributed by atoms with van der Waals surface area (Å²) in [5.41, 5.74) is -0.404. The second kappa shape index (κ2) is 22.1. The summed E-state index contributed by atoms with van der Waals surface area (Å²) in [5, 5.41) is 5.50. The fourth-order valence-electron chi connectivity index (χ4n) is 3.55. The number of nitrogens with zero attached hydrogens (tertiary/aromatic N) is 1. The molecule has 6 nitrogen and oxygen atoms in total. The van der Waals surface area contributed by atoms with E-state index in [1.807, 2.05) is 30.3 Å². The van der Waals surface area contributed by atoms with Gasteiger partial charge < -0.3 is 9.29 Å². The van der Waals surface area contributed by atoms with Crippen molar-refractivity contribution < 1.29 is 32.5 Å². The zero-order chi connectivity index (χ0) is 29.6. The van der Waals surface area contributed by atoms with Gasteiger partial charge in [0.15, 0.2) is 16.6 Å². The number of carbonyl (C=O) groups excluding carboxylic acids is 1. The Kier molecular flexibility index (Phi) is 19.6. The number of halogens is 2. The molecule has 0 saturated carbocycles. The smallest absolute Gasteiger partial charge is 0.320 e. The Hall–Kier alpha value is -2.63. The zero-order valence-electron chi connectivity index (χ0n) is 22.9. The van der Waals surface area contributed by atoms with Crippen molar-refractivity contribution in [2.45, 2.75) is 54.3 Å². The maximum atomic E-state index is 11.8. The predicted molar refractivity (Wildman–Crippen MR) is 158 cm³/mol. The Morgan fingerprint density at radius 1 is 0.875 bits per heavy atom. The van der Waals surface area contributed by atoms with Gasteiger partial charge in [0.05, 0.1) is 13.2 Å². The maximum absolute atomic E-state index is 11.8. The number of ether oxygens (including phenoxy) is 1. The largest absolute Gasteiger partial charge is 0.464 e. The minimum Gasteiger partial charge on any atom is -0.464 e. The Labute approximate surface area is 242 Å². The lowest BCUT2D eigenvalue weighted by Gasteiger charge is -2.25. The molecule has 0 aliphatic carbocycles. The first-order valence-corrected chi connectivity index (χ1v) is 14.9. The van der Waals surface area contributed by atoms with Crippen molar-refractivity contribution in [2.75, 3.05) is 26.2 Å². The number of carbonyl (C=O) groups is 1. The van der Waals surface area contributed by atoms with Crippen molar-refractivity contribution in [3.8, 4) is 0 Å². The SMILES string of the molecule is CC(COC(=O)CN1CCCCC1)c1ccccc1.CC(F)S(=O)O.OF.c1ccc(Sc2ccccc2)cc1. The Balaban J connectivity index is 0.000000329. The second-order valence-electron chi connectivity index (χ2n) is 8.88. The van der Waals surface area contributed by atoms with Gasteiger partial charge in [0.25, 0.3) is 0 Å². The van der Waals surface area contributed by atoms with E-state index >= 15 is 0 Å². The van der Waals surface area contributed by atoms with E-state index in [0.29, 0.717) is 13.2 Å². The van der Waals surface area contributed by atoms with Crippen LogP contribution in [-0.2, 0) is 20.6 Å². The molecule has 1 aliphatic heterocycles. The molecule has 3 unspecified atom stereocenters. The van der Waals surface area contributed by atoms with Gasteiger partial charge >= 0.3 is 5.97 Å². The predicted octanol–water partition coefficient (Wildman–Crippen LogP) is 7.04. The fraction of sp³-hybridized carbons (Fsp3) is 0.367. The summed E-state index contributed by atoms with van der Waals surface area (Å²) in [6, 6.07) is 31.0. The molecular weight excluding hydrogens is 556 g/mol. The van der Waals surface area contributed by atoms with Crippen LogP contribution in [0.5, 0.6) is 0 Å². The highest BCUT2D eigenvalue weighted by molar-refractivity contribution is 7.99. The Morgan fingerprint density at radius 3 is 1.73 bits per heavy atom. The molecule has 3 aromatic carbocycles. The van der Waals surface area contributed by atoms with Gasteiger partial charge in [-0.2, -0.15) is 0 Å². The minimum atomic E-state index is -2.28. The number of rotatable bonds is 8. The van der Waals surface area contributed by atoms with Crippen molar-refractivity contribution in [3.63, 3.8) is 0 Å². The molecule has 10 heteroatoms. The van der Waals surface area contributed by atoms with Gasteiger partial charge in [-0.05, 0) is 62.7 Å². The van der Waals surface area contributed by atoms with Gasteiger partial charge in [-0.1, -0.05) is 96.4 Å². The lowest BCUT2D eigenvalue weighted by molar-refractivity contribution is -0.145. The molecule has 3 aromatic rings. The molecule has 0 amide bonds. The number of piperidine rings is 1. The molecule has 3 atom stereocenters. The summed E-state index contributed by atoms with van der Waals surface area (Å²) < 4.78 is 42.3. The molecule has 40 heavy (non-hydrogen) atoms. The van der Waals surface area contributed by atoms with Crippen molar-refractivity contribution in [1.82, 2.24) is 4.90 Å². The fourth-order valence-corrected chi connectivity index (χ4v) is 4.41. The third-order valence-electron chi connectivity index (χ3n) is 5.66. The van der Waals surface area contributed by atoms with Crippen LogP contribution < -0.4 is 0 Å². The molecule has 0 bridgehead atoms. The van der Waals surface area contributed by atoms with Gasteiger partial charge in [-0.3, -0.25) is 9.69 Å². The molecular formula is C30H39F2NO5S2. The number of hydrogen-bond donors (Lipinski definition) is 2. The van der Waals surface area contributed by atoms with Crippen LogP contribution in [0.2, 0.25) is 0 Å². The van der Waals surface area contributed by atoms with Crippen LogP contribution in [0.1, 0.15) is 44.6 Å². The van der Waals surface area contributed by atoms with Crippen molar-refractivity contribution >= 4 is 28.8 Å². The van der Waals surface area contributed by atoms with Crippen molar-refractivity contribution in [2.24, 2.45) is 0 Å². The van der Waals surface area contributed by atoms with E-state index in [1.165, 1.54) is 34.6 Å². The third-order valence-corrected chi connectivity index (χ3v) is 7.24. The minimum absolute atomic E-state index is 0.0929. The summed E-state index contributed by atoms with van der Waals surface area (Å²) in [4.78, 5) is 16.5. The van der Waals surface area contributed by atoms with Crippen LogP contribution in [0.25, 0.3) is 0 Å². The molecule has 0 spiro atoms. The maximum Gasteiger partial charge on any atom is 0.320 e. The topological polar surface area (TPSA) is 87.1 Å². The van der Waals surface area contributed by atoms with E-state index in [0.717, 1.165) is 20.0 Å². The first-order chi connectivity index (χ1) is 19.3. The van der Waals surface area contributed by atoms with Crippen LogP contribution in [0.4, 0.5) is 8.92 Å². The molecule has 4 rings (SSSR count). The third kappa shape index (κ3) is 16.5. The molecule has 1 fully saturated rings. The van der Waals surface area contributed by atoms with Crippen LogP contribution in [0.3, 0.4) is 0 Å². The second-order valence-corrected chi connectivity index (χ2v) is 11.2. The summed E-state index contributed by atoms with van der Waals surface area (Å²) in [7, 11) is 0. The number of esters is 1. The molecule has 2 N–H and O–H groups in total. The highest BCUT2D eigenvalue weighted by Crippen LogP contribution is 2.26. The summed E-state index contributed by atoms with van der Waals surface area (Å²) >= 11 is -0.496. The summed E-state index contributed by atoms with van der Waals surface area (Å²) in [5.74, 6) is 0.163. The Morgan fingerprint density at radius 2 is 1.30 bits per heavy atom. The first-order valence-electron chi connectivity index (χ1n) is 13.0. The summed E-state index contributed by atoms with van der Waals surface area (Å²) in [6.45, 7) is 6.09.